The van der Waals surface area contributed by atoms with Crippen molar-refractivity contribution in [3.8, 4) is 0 Å². The summed E-state index contributed by atoms with van der Waals surface area (Å²) in [6.07, 6.45) is 3.95. The molecular formula is C8H12N2O2. The molecule has 1 aromatic heterocycles. The molecule has 0 aliphatic heterocycles. The molecule has 0 bridgehead atoms. The van der Waals surface area contributed by atoms with Crippen molar-refractivity contribution < 1.29 is 9.32 Å². The normalized spacial score (nSPS) is 9.75. The highest BCUT2D eigenvalue weighted by Crippen LogP contribution is 2.05. The van der Waals surface area contributed by atoms with E-state index >= 15 is 0 Å². The van der Waals surface area contributed by atoms with Crippen molar-refractivity contribution in [3.63, 3.8) is 0 Å². The van der Waals surface area contributed by atoms with Crippen molar-refractivity contribution in [2.75, 3.05) is 5.32 Å². The number of anilines is 1. The molecule has 0 atom stereocenters. The fourth-order valence-corrected chi connectivity index (χ4v) is 0.817. The highest BCUT2D eigenvalue weighted by molar-refractivity contribution is 5.89. The van der Waals surface area contributed by atoms with E-state index in [1.807, 2.05) is 6.92 Å². The molecule has 0 unspecified atom stereocenters. The molecule has 4 nitrogen and oxygen atoms in total. The van der Waals surface area contributed by atoms with Crippen LogP contribution in [0.25, 0.3) is 0 Å². The average molecular weight is 168 g/mol. The van der Waals surface area contributed by atoms with Gasteiger partial charge in [0.15, 0.2) is 0 Å². The fourth-order valence-electron chi connectivity index (χ4n) is 0.817. The van der Waals surface area contributed by atoms with E-state index in [4.69, 9.17) is 4.52 Å². The van der Waals surface area contributed by atoms with Crippen LogP contribution in [0.5, 0.6) is 0 Å². The molecule has 0 aromatic carbocycles. The van der Waals surface area contributed by atoms with Crippen LogP contribution in [0, 0.1) is 0 Å². The second kappa shape index (κ2) is 4.54. The number of nitrogens with one attached hydrogen (secondary N) is 1. The van der Waals surface area contributed by atoms with E-state index in [0.717, 1.165) is 12.8 Å². The summed E-state index contributed by atoms with van der Waals surface area (Å²) in [6, 6.07) is 1.61. The fraction of sp³-hybridized carbons (Fsp3) is 0.500. The number of nitrogens with zero attached hydrogens (tertiary/aromatic N) is 1. The number of aromatic nitrogens is 1. The molecule has 0 aliphatic rings. The van der Waals surface area contributed by atoms with Gasteiger partial charge in [-0.05, 0) is 6.42 Å². The van der Waals surface area contributed by atoms with Gasteiger partial charge in [0.1, 0.15) is 0 Å². The molecule has 1 rings (SSSR count). The summed E-state index contributed by atoms with van der Waals surface area (Å²) in [7, 11) is 0. The second-order valence-electron chi connectivity index (χ2n) is 2.53. The van der Waals surface area contributed by atoms with Crippen LogP contribution in [0.15, 0.2) is 16.8 Å². The van der Waals surface area contributed by atoms with E-state index in [0.29, 0.717) is 12.3 Å². The Morgan fingerprint density at radius 2 is 2.58 bits per heavy atom. The molecule has 1 heterocycles. The van der Waals surface area contributed by atoms with Gasteiger partial charge in [-0.2, -0.15) is 0 Å². The molecule has 0 aliphatic carbocycles. The van der Waals surface area contributed by atoms with Gasteiger partial charge in [-0.3, -0.25) is 10.1 Å². The van der Waals surface area contributed by atoms with Crippen molar-refractivity contribution in [1.82, 2.24) is 5.16 Å². The lowest BCUT2D eigenvalue weighted by Gasteiger charge is -1.98. The van der Waals surface area contributed by atoms with E-state index in [1.165, 1.54) is 6.20 Å². The van der Waals surface area contributed by atoms with Crippen LogP contribution in [0.3, 0.4) is 0 Å². The minimum atomic E-state index is -0.0198. The van der Waals surface area contributed by atoms with Gasteiger partial charge < -0.3 is 4.52 Å². The SMILES string of the molecule is CCCCC(=O)Nc1ccno1. The Labute approximate surface area is 70.9 Å². The summed E-state index contributed by atoms with van der Waals surface area (Å²) in [5.74, 6) is 0.393. The zero-order valence-corrected chi connectivity index (χ0v) is 7.04. The maximum atomic E-state index is 11.1. The standard InChI is InChI=1S/C8H12N2O2/c1-2-3-4-7(11)10-8-5-6-9-12-8/h5-6H,2-4H2,1H3,(H,10,11). The average Bonchev–Trinajstić information content (AvgIpc) is 2.53. The molecule has 1 N–H and O–H groups in total. The van der Waals surface area contributed by atoms with Gasteiger partial charge in [0.2, 0.25) is 11.8 Å². The van der Waals surface area contributed by atoms with Crippen molar-refractivity contribution in [1.29, 1.82) is 0 Å². The molecule has 12 heavy (non-hydrogen) atoms. The van der Waals surface area contributed by atoms with Gasteiger partial charge in [-0.25, -0.2) is 0 Å². The third-order valence-corrected chi connectivity index (χ3v) is 1.46. The second-order valence-corrected chi connectivity index (χ2v) is 2.53. The molecular weight excluding hydrogens is 156 g/mol. The Hall–Kier alpha value is -1.32. The van der Waals surface area contributed by atoms with Gasteiger partial charge in [-0.15, -0.1) is 0 Å². The van der Waals surface area contributed by atoms with Crippen LogP contribution in [0.1, 0.15) is 26.2 Å². The lowest BCUT2D eigenvalue weighted by atomic mass is 10.2. The van der Waals surface area contributed by atoms with Crippen molar-refractivity contribution in [3.05, 3.63) is 12.3 Å². The van der Waals surface area contributed by atoms with E-state index < -0.39 is 0 Å². The van der Waals surface area contributed by atoms with Crippen LogP contribution in [0.2, 0.25) is 0 Å². The predicted octanol–water partition coefficient (Wildman–Crippen LogP) is 1.80. The smallest absolute Gasteiger partial charge is 0.231 e. The first-order chi connectivity index (χ1) is 5.83. The summed E-state index contributed by atoms with van der Waals surface area (Å²) in [4.78, 5) is 11.1. The Kier molecular flexibility index (Phi) is 3.32. The molecule has 0 spiro atoms. The van der Waals surface area contributed by atoms with Crippen LogP contribution < -0.4 is 5.32 Å². The maximum absolute atomic E-state index is 11.1. The topological polar surface area (TPSA) is 55.1 Å². The van der Waals surface area contributed by atoms with E-state index in [2.05, 4.69) is 10.5 Å². The van der Waals surface area contributed by atoms with E-state index in [1.54, 1.807) is 6.07 Å². The minimum absolute atomic E-state index is 0.0198. The third-order valence-electron chi connectivity index (χ3n) is 1.46. The summed E-state index contributed by atoms with van der Waals surface area (Å²) in [5, 5.41) is 6.05. The quantitative estimate of drug-likeness (QED) is 0.745. The van der Waals surface area contributed by atoms with E-state index in [9.17, 15) is 4.79 Å². The highest BCUT2D eigenvalue weighted by atomic mass is 16.5. The number of hydrogen-bond donors (Lipinski definition) is 1. The Balaban J connectivity index is 2.27. The van der Waals surface area contributed by atoms with Crippen LogP contribution in [-0.2, 0) is 4.79 Å². The first-order valence-corrected chi connectivity index (χ1v) is 4.03. The van der Waals surface area contributed by atoms with Gasteiger partial charge in [-0.1, -0.05) is 18.5 Å². The molecule has 0 saturated heterocycles. The molecule has 1 aromatic rings. The van der Waals surface area contributed by atoms with Gasteiger partial charge in [0.05, 0.1) is 6.20 Å². The Morgan fingerprint density at radius 3 is 3.17 bits per heavy atom. The summed E-state index contributed by atoms with van der Waals surface area (Å²) >= 11 is 0. The number of carbonyl (C=O) groups is 1. The van der Waals surface area contributed by atoms with Gasteiger partial charge >= 0.3 is 0 Å². The molecule has 4 heteroatoms. The highest BCUT2D eigenvalue weighted by Gasteiger charge is 2.02. The number of hydrogen-bond acceptors (Lipinski definition) is 3. The van der Waals surface area contributed by atoms with Crippen LogP contribution >= 0.6 is 0 Å². The first kappa shape index (κ1) is 8.77. The number of carbonyl (C=O) groups excluding carboxylic acids is 1. The maximum Gasteiger partial charge on any atom is 0.231 e. The van der Waals surface area contributed by atoms with Gasteiger partial charge in [0.25, 0.3) is 0 Å². The number of amides is 1. The predicted molar refractivity (Wildman–Crippen MR) is 44.7 cm³/mol. The van der Waals surface area contributed by atoms with Crippen molar-refractivity contribution in [2.24, 2.45) is 0 Å². The largest absolute Gasteiger partial charge is 0.338 e. The van der Waals surface area contributed by atoms with Crippen LogP contribution in [-0.4, -0.2) is 11.1 Å². The number of unbranched alkanes of at least 4 members (excludes halogenated alkanes) is 1. The van der Waals surface area contributed by atoms with Crippen molar-refractivity contribution in [2.45, 2.75) is 26.2 Å². The van der Waals surface area contributed by atoms with Gasteiger partial charge in [0, 0.05) is 12.5 Å². The lowest BCUT2D eigenvalue weighted by molar-refractivity contribution is -0.116. The minimum Gasteiger partial charge on any atom is -0.338 e. The molecule has 0 radical (unpaired) electrons. The molecule has 1 amide bonds. The zero-order valence-electron chi connectivity index (χ0n) is 7.04. The zero-order chi connectivity index (χ0) is 8.81. The van der Waals surface area contributed by atoms with E-state index in [-0.39, 0.29) is 5.91 Å². The monoisotopic (exact) mass is 168 g/mol. The summed E-state index contributed by atoms with van der Waals surface area (Å²) in [6.45, 7) is 2.04. The Morgan fingerprint density at radius 1 is 1.75 bits per heavy atom. The summed E-state index contributed by atoms with van der Waals surface area (Å²) < 4.78 is 4.70. The van der Waals surface area contributed by atoms with Crippen molar-refractivity contribution >= 4 is 11.8 Å². The molecule has 0 saturated carbocycles. The lowest BCUT2D eigenvalue weighted by Crippen LogP contribution is -2.09. The third kappa shape index (κ3) is 2.74. The number of rotatable bonds is 4. The van der Waals surface area contributed by atoms with Crippen LogP contribution in [0.4, 0.5) is 5.88 Å². The Bertz CT molecular complexity index is 231. The summed E-state index contributed by atoms with van der Waals surface area (Å²) in [5.41, 5.74) is 0. The first-order valence-electron chi connectivity index (χ1n) is 4.03. The molecule has 0 fully saturated rings. The molecule has 66 valence electrons.